The van der Waals surface area contributed by atoms with E-state index in [4.69, 9.17) is 9.72 Å². The molecular formula is C27H31N9O. The van der Waals surface area contributed by atoms with Gasteiger partial charge in [-0.25, -0.2) is 14.5 Å². The molecule has 10 heteroatoms. The summed E-state index contributed by atoms with van der Waals surface area (Å²) in [6, 6.07) is 5.36. The van der Waals surface area contributed by atoms with Gasteiger partial charge in [-0.15, -0.1) is 0 Å². The molecule has 190 valence electrons. The van der Waals surface area contributed by atoms with Gasteiger partial charge in [0.15, 0.2) is 0 Å². The highest BCUT2D eigenvalue weighted by Crippen LogP contribution is 2.35. The first-order valence-electron chi connectivity index (χ1n) is 13.1. The zero-order valence-electron chi connectivity index (χ0n) is 21.0. The highest BCUT2D eigenvalue weighted by molar-refractivity contribution is 6.01. The molecule has 1 aliphatic heterocycles. The number of aromatic nitrogens is 7. The lowest BCUT2D eigenvalue weighted by Crippen LogP contribution is -2.46. The first-order valence-corrected chi connectivity index (χ1v) is 13.1. The van der Waals surface area contributed by atoms with Crippen LogP contribution < -0.4 is 5.32 Å². The van der Waals surface area contributed by atoms with Crippen LogP contribution in [-0.2, 0) is 11.8 Å². The number of nitrogens with one attached hydrogen (secondary N) is 2. The quantitative estimate of drug-likeness (QED) is 0.382. The number of fused-ring (bicyclic) bond motifs is 2. The maximum Gasteiger partial charge on any atom is 0.143 e. The van der Waals surface area contributed by atoms with Gasteiger partial charge in [-0.3, -0.25) is 9.58 Å². The zero-order chi connectivity index (χ0) is 24.8. The molecule has 7 rings (SSSR count). The van der Waals surface area contributed by atoms with Crippen molar-refractivity contribution < 1.29 is 4.74 Å². The second-order valence-electron chi connectivity index (χ2n) is 10.2. The van der Waals surface area contributed by atoms with E-state index in [9.17, 15) is 0 Å². The van der Waals surface area contributed by atoms with Crippen LogP contribution in [0.3, 0.4) is 0 Å². The van der Waals surface area contributed by atoms with E-state index in [1.165, 1.54) is 12.8 Å². The van der Waals surface area contributed by atoms with E-state index < -0.39 is 0 Å². The van der Waals surface area contributed by atoms with Crippen LogP contribution in [0.1, 0.15) is 25.7 Å². The minimum Gasteiger partial charge on any atom is -0.379 e. The van der Waals surface area contributed by atoms with Crippen molar-refractivity contribution in [3.05, 3.63) is 49.4 Å². The molecule has 5 aromatic rings. The van der Waals surface area contributed by atoms with E-state index in [0.29, 0.717) is 12.1 Å². The van der Waals surface area contributed by atoms with E-state index in [0.717, 1.165) is 83.8 Å². The fourth-order valence-electron chi connectivity index (χ4n) is 5.95. The summed E-state index contributed by atoms with van der Waals surface area (Å²) in [5.41, 5.74) is 6.16. The van der Waals surface area contributed by atoms with Crippen LogP contribution in [0.5, 0.6) is 0 Å². The molecule has 0 unspecified atom stereocenters. The summed E-state index contributed by atoms with van der Waals surface area (Å²) in [7, 11) is 1.93. The van der Waals surface area contributed by atoms with E-state index in [-0.39, 0.29) is 0 Å². The third-order valence-electron chi connectivity index (χ3n) is 7.92. The molecule has 1 aliphatic carbocycles. The van der Waals surface area contributed by atoms with Gasteiger partial charge < -0.3 is 15.0 Å². The van der Waals surface area contributed by atoms with Crippen molar-refractivity contribution >= 4 is 22.4 Å². The highest BCUT2D eigenvalue weighted by Gasteiger charge is 2.27. The molecule has 0 spiro atoms. The predicted molar refractivity (Wildman–Crippen MR) is 142 cm³/mol. The fourth-order valence-corrected chi connectivity index (χ4v) is 5.95. The maximum absolute atomic E-state index is 5.54. The monoisotopic (exact) mass is 497 g/mol. The number of aromatic amines is 1. The summed E-state index contributed by atoms with van der Waals surface area (Å²) in [5, 5.41) is 13.7. The second-order valence-corrected chi connectivity index (χ2v) is 10.2. The number of ether oxygens (including phenoxy) is 1. The van der Waals surface area contributed by atoms with Crippen molar-refractivity contribution in [2.45, 2.75) is 37.8 Å². The average Bonchev–Trinajstić information content (AvgIpc) is 3.67. The Morgan fingerprint density at radius 3 is 2.68 bits per heavy atom. The minimum absolute atomic E-state index is 0.410. The van der Waals surface area contributed by atoms with Crippen LogP contribution in [0.15, 0.2) is 49.4 Å². The van der Waals surface area contributed by atoms with Gasteiger partial charge in [-0.1, -0.05) is 0 Å². The summed E-state index contributed by atoms with van der Waals surface area (Å²) in [6.45, 7) is 3.85. The molecule has 0 atom stereocenters. The molecule has 37 heavy (non-hydrogen) atoms. The molecule has 0 radical (unpaired) electrons. The Morgan fingerprint density at radius 1 is 1.00 bits per heavy atom. The van der Waals surface area contributed by atoms with Crippen molar-refractivity contribution in [1.82, 2.24) is 39.2 Å². The van der Waals surface area contributed by atoms with Gasteiger partial charge in [-0.05, 0) is 43.4 Å². The number of hydrogen-bond acceptors (Lipinski definition) is 7. The molecule has 0 aromatic carbocycles. The van der Waals surface area contributed by atoms with Crippen molar-refractivity contribution in [3.8, 4) is 22.3 Å². The van der Waals surface area contributed by atoms with E-state index in [2.05, 4.69) is 42.5 Å². The number of pyridine rings is 1. The summed E-state index contributed by atoms with van der Waals surface area (Å²) < 4.78 is 9.26. The number of hydrogen-bond donors (Lipinski definition) is 2. The largest absolute Gasteiger partial charge is 0.379 e. The summed E-state index contributed by atoms with van der Waals surface area (Å²) in [4.78, 5) is 15.2. The summed E-state index contributed by atoms with van der Waals surface area (Å²) in [5.74, 6) is 0.900. The van der Waals surface area contributed by atoms with Gasteiger partial charge in [0.2, 0.25) is 0 Å². The minimum atomic E-state index is 0.410. The topological polar surface area (TPSA) is 101 Å². The van der Waals surface area contributed by atoms with Gasteiger partial charge in [0, 0.05) is 67.5 Å². The smallest absolute Gasteiger partial charge is 0.143 e. The third-order valence-corrected chi connectivity index (χ3v) is 7.92. The third kappa shape index (κ3) is 4.15. The summed E-state index contributed by atoms with van der Waals surface area (Å²) >= 11 is 0. The van der Waals surface area contributed by atoms with E-state index in [1.807, 2.05) is 47.2 Å². The average molecular weight is 498 g/mol. The van der Waals surface area contributed by atoms with Crippen molar-refractivity contribution in [2.24, 2.45) is 7.05 Å². The van der Waals surface area contributed by atoms with Gasteiger partial charge in [0.05, 0.1) is 36.5 Å². The maximum atomic E-state index is 5.54. The van der Waals surface area contributed by atoms with E-state index >= 15 is 0 Å². The highest BCUT2D eigenvalue weighted by atomic mass is 16.5. The lowest BCUT2D eigenvalue weighted by molar-refractivity contribution is 0.00791. The molecule has 2 aliphatic rings. The molecule has 2 fully saturated rings. The van der Waals surface area contributed by atoms with Crippen LogP contribution >= 0.6 is 0 Å². The van der Waals surface area contributed by atoms with Gasteiger partial charge in [0.25, 0.3) is 0 Å². The Labute approximate surface area is 214 Å². The number of nitrogens with zero attached hydrogens (tertiary/aromatic N) is 7. The molecule has 6 heterocycles. The molecule has 10 nitrogen and oxygen atoms in total. The number of morpholine rings is 1. The number of anilines is 1. The number of aryl methyl sites for hydroxylation is 1. The SMILES string of the molecule is Cn1cc(-c2cnn3ccc(-c4c[nH]c5ncnc(NC6CCC(N7CCOCC7)CC6)c45)cc23)cn1. The molecule has 1 saturated heterocycles. The van der Waals surface area contributed by atoms with Crippen molar-refractivity contribution in [1.29, 1.82) is 0 Å². The van der Waals surface area contributed by atoms with Crippen LogP contribution in [-0.4, -0.2) is 77.6 Å². The molecule has 2 N–H and O–H groups in total. The first-order chi connectivity index (χ1) is 18.2. The number of rotatable bonds is 5. The Hall–Kier alpha value is -3.76. The van der Waals surface area contributed by atoms with Crippen molar-refractivity contribution in [3.63, 3.8) is 0 Å². The molecular weight excluding hydrogens is 466 g/mol. The second kappa shape index (κ2) is 9.28. The van der Waals surface area contributed by atoms with Crippen molar-refractivity contribution in [2.75, 3.05) is 31.6 Å². The van der Waals surface area contributed by atoms with Crippen LogP contribution in [0.2, 0.25) is 0 Å². The lowest BCUT2D eigenvalue weighted by Gasteiger charge is -2.39. The van der Waals surface area contributed by atoms with Gasteiger partial charge >= 0.3 is 0 Å². The zero-order valence-corrected chi connectivity index (χ0v) is 21.0. The van der Waals surface area contributed by atoms with Gasteiger partial charge in [0.1, 0.15) is 17.8 Å². The number of H-pyrrole nitrogens is 1. The van der Waals surface area contributed by atoms with Crippen LogP contribution in [0, 0.1) is 0 Å². The lowest BCUT2D eigenvalue weighted by atomic mass is 9.90. The Kier molecular flexibility index (Phi) is 5.63. The molecule has 1 saturated carbocycles. The fraction of sp³-hybridized carbons (Fsp3) is 0.407. The normalized spacial score (nSPS) is 21.1. The molecule has 0 amide bonds. The Balaban J connectivity index is 1.17. The van der Waals surface area contributed by atoms with E-state index in [1.54, 1.807) is 6.33 Å². The molecule has 0 bridgehead atoms. The van der Waals surface area contributed by atoms with Crippen LogP contribution in [0.4, 0.5) is 5.82 Å². The first kappa shape index (κ1) is 22.4. The summed E-state index contributed by atoms with van der Waals surface area (Å²) in [6.07, 6.45) is 16.2. The van der Waals surface area contributed by atoms with Gasteiger partial charge in [-0.2, -0.15) is 10.2 Å². The molecule has 5 aromatic heterocycles. The Bertz CT molecular complexity index is 1540. The Morgan fingerprint density at radius 2 is 1.86 bits per heavy atom. The standard InChI is InChI=1S/C27H31N9O/c1-34-16-19(13-31-34)22-15-32-36-7-6-18(12-24(22)36)23-14-28-26-25(23)27(30-17-29-26)33-20-2-4-21(5-3-20)35-8-10-37-11-9-35/h6-7,12-17,20-21H,2-5,8-11H2,1H3,(H2,28,29,30,33). The predicted octanol–water partition coefficient (Wildman–Crippen LogP) is 3.73. The van der Waals surface area contributed by atoms with Crippen LogP contribution in [0.25, 0.3) is 38.8 Å².